The minimum Gasteiger partial charge on any atom is -0.486 e. The highest BCUT2D eigenvalue weighted by Gasteiger charge is 2.04. The Morgan fingerprint density at radius 3 is 2.67 bits per heavy atom. The molecule has 0 amide bonds. The van der Waals surface area contributed by atoms with Crippen LogP contribution in [0.1, 0.15) is 18.1 Å². The van der Waals surface area contributed by atoms with Gasteiger partial charge in [-0.15, -0.1) is 0 Å². The van der Waals surface area contributed by atoms with Gasteiger partial charge in [0.05, 0.1) is 7.11 Å². The molecule has 1 nitrogen and oxygen atoms in total. The van der Waals surface area contributed by atoms with Crippen molar-refractivity contribution in [3.8, 4) is 0 Å². The van der Waals surface area contributed by atoms with Crippen LogP contribution in [0.5, 0.6) is 0 Å². The molecule has 0 spiro atoms. The summed E-state index contributed by atoms with van der Waals surface area (Å²) in [6, 6.07) is 8.05. The number of aryl methyl sites for hydroxylation is 1. The molecular weight excluding hydrogens is 168 g/mol. The molecular formula is C10H12OS. The van der Waals surface area contributed by atoms with Gasteiger partial charge in [0.25, 0.3) is 0 Å². The van der Waals surface area contributed by atoms with E-state index < -0.39 is 0 Å². The van der Waals surface area contributed by atoms with Crippen LogP contribution in [0.3, 0.4) is 0 Å². The van der Waals surface area contributed by atoms with E-state index in [1.807, 2.05) is 18.2 Å². The van der Waals surface area contributed by atoms with Gasteiger partial charge in [-0.2, -0.15) is 0 Å². The molecule has 2 heteroatoms. The minimum absolute atomic E-state index is 0.576. The lowest BCUT2D eigenvalue weighted by Gasteiger charge is -2.06. The predicted molar refractivity (Wildman–Crippen MR) is 54.5 cm³/mol. The van der Waals surface area contributed by atoms with E-state index >= 15 is 0 Å². The van der Waals surface area contributed by atoms with E-state index in [2.05, 4.69) is 13.0 Å². The Morgan fingerprint density at radius 1 is 1.42 bits per heavy atom. The summed E-state index contributed by atoms with van der Waals surface area (Å²) >= 11 is 5.05. The summed E-state index contributed by atoms with van der Waals surface area (Å²) in [5, 5.41) is 0.576. The first-order valence-electron chi connectivity index (χ1n) is 3.95. The lowest BCUT2D eigenvalue weighted by atomic mass is 10.1. The van der Waals surface area contributed by atoms with Gasteiger partial charge in [-0.3, -0.25) is 0 Å². The summed E-state index contributed by atoms with van der Waals surface area (Å²) in [6.07, 6.45) is 0.986. The number of rotatable bonds is 2. The van der Waals surface area contributed by atoms with E-state index in [9.17, 15) is 0 Å². The van der Waals surface area contributed by atoms with Crippen molar-refractivity contribution < 1.29 is 4.74 Å². The zero-order chi connectivity index (χ0) is 8.97. The van der Waals surface area contributed by atoms with Gasteiger partial charge < -0.3 is 4.74 Å². The molecule has 0 atom stereocenters. The second kappa shape index (κ2) is 4.21. The van der Waals surface area contributed by atoms with Gasteiger partial charge in [0.1, 0.15) is 0 Å². The Hall–Kier alpha value is -0.890. The third-order valence-electron chi connectivity index (χ3n) is 1.80. The Morgan fingerprint density at radius 2 is 2.08 bits per heavy atom. The van der Waals surface area contributed by atoms with Gasteiger partial charge in [-0.05, 0) is 24.2 Å². The average molecular weight is 180 g/mol. The highest BCUT2D eigenvalue weighted by Crippen LogP contribution is 2.10. The number of methoxy groups -OCH3 is 1. The minimum atomic E-state index is 0.576. The quantitative estimate of drug-likeness (QED) is 0.647. The molecule has 0 unspecified atom stereocenters. The van der Waals surface area contributed by atoms with E-state index in [0.717, 1.165) is 12.0 Å². The maximum absolute atomic E-state index is 5.05. The summed E-state index contributed by atoms with van der Waals surface area (Å²) in [5.41, 5.74) is 2.28. The fraction of sp³-hybridized carbons (Fsp3) is 0.300. The van der Waals surface area contributed by atoms with Crippen molar-refractivity contribution in [3.05, 3.63) is 35.4 Å². The molecule has 0 heterocycles. The first kappa shape index (κ1) is 9.20. The number of benzene rings is 1. The largest absolute Gasteiger partial charge is 0.486 e. The standard InChI is InChI=1S/C10H12OS/c1-3-8-6-4-5-7-9(8)10(12)11-2/h4-7H,3H2,1-2H3. The maximum Gasteiger partial charge on any atom is 0.191 e. The zero-order valence-electron chi connectivity index (χ0n) is 7.33. The highest BCUT2D eigenvalue weighted by molar-refractivity contribution is 7.80. The highest BCUT2D eigenvalue weighted by atomic mass is 32.1. The van der Waals surface area contributed by atoms with Crippen molar-refractivity contribution in [2.24, 2.45) is 0 Å². The number of ether oxygens (including phenoxy) is 1. The second-order valence-electron chi connectivity index (χ2n) is 2.50. The van der Waals surface area contributed by atoms with E-state index in [4.69, 9.17) is 17.0 Å². The van der Waals surface area contributed by atoms with Crippen LogP contribution in [-0.4, -0.2) is 12.2 Å². The summed E-state index contributed by atoms with van der Waals surface area (Å²) in [5.74, 6) is 0. The first-order chi connectivity index (χ1) is 5.79. The molecule has 0 saturated heterocycles. The van der Waals surface area contributed by atoms with Crippen LogP contribution in [0.2, 0.25) is 0 Å². The lowest BCUT2D eigenvalue weighted by molar-refractivity contribution is 0.415. The topological polar surface area (TPSA) is 9.23 Å². The van der Waals surface area contributed by atoms with E-state index in [1.54, 1.807) is 7.11 Å². The Balaban J connectivity index is 3.04. The molecule has 0 bridgehead atoms. The molecule has 0 N–H and O–H groups in total. The average Bonchev–Trinajstić information content (AvgIpc) is 2.16. The molecule has 0 aliphatic heterocycles. The summed E-state index contributed by atoms with van der Waals surface area (Å²) in [4.78, 5) is 0. The van der Waals surface area contributed by atoms with Crippen LogP contribution < -0.4 is 0 Å². The van der Waals surface area contributed by atoms with Crippen LogP contribution >= 0.6 is 12.2 Å². The fourth-order valence-corrected chi connectivity index (χ4v) is 1.34. The van der Waals surface area contributed by atoms with E-state index in [1.165, 1.54) is 5.56 Å². The Kier molecular flexibility index (Phi) is 3.23. The summed E-state index contributed by atoms with van der Waals surface area (Å²) < 4.78 is 5.01. The molecule has 1 aromatic rings. The molecule has 0 aliphatic rings. The van der Waals surface area contributed by atoms with Gasteiger partial charge >= 0.3 is 0 Å². The van der Waals surface area contributed by atoms with E-state index in [-0.39, 0.29) is 0 Å². The molecule has 0 radical (unpaired) electrons. The van der Waals surface area contributed by atoms with Gasteiger partial charge in [0, 0.05) is 5.56 Å². The Bertz CT molecular complexity index is 281. The molecule has 1 aromatic carbocycles. The van der Waals surface area contributed by atoms with Crippen molar-refractivity contribution in [3.63, 3.8) is 0 Å². The predicted octanol–water partition coefficient (Wildman–Crippen LogP) is 2.57. The normalized spacial score (nSPS) is 9.50. The summed E-state index contributed by atoms with van der Waals surface area (Å²) in [7, 11) is 1.61. The molecule has 0 fully saturated rings. The molecule has 12 heavy (non-hydrogen) atoms. The second-order valence-corrected chi connectivity index (χ2v) is 2.87. The Labute approximate surface area is 78.4 Å². The third kappa shape index (κ3) is 1.83. The number of thiocarbonyl (C=S) groups is 1. The monoisotopic (exact) mass is 180 g/mol. The third-order valence-corrected chi connectivity index (χ3v) is 2.19. The van der Waals surface area contributed by atoms with Crippen LogP contribution in [0.4, 0.5) is 0 Å². The summed E-state index contributed by atoms with van der Waals surface area (Å²) in [6.45, 7) is 2.11. The molecule has 0 saturated carbocycles. The molecule has 64 valence electrons. The van der Waals surface area contributed by atoms with Gasteiger partial charge in [-0.1, -0.05) is 31.2 Å². The van der Waals surface area contributed by atoms with Crippen LogP contribution in [0, 0.1) is 0 Å². The van der Waals surface area contributed by atoms with E-state index in [0.29, 0.717) is 5.05 Å². The number of hydrogen-bond donors (Lipinski definition) is 0. The maximum atomic E-state index is 5.05. The van der Waals surface area contributed by atoms with Gasteiger partial charge in [0.2, 0.25) is 0 Å². The smallest absolute Gasteiger partial charge is 0.191 e. The van der Waals surface area contributed by atoms with Gasteiger partial charge in [0.15, 0.2) is 5.05 Å². The van der Waals surface area contributed by atoms with Crippen molar-refractivity contribution >= 4 is 17.3 Å². The molecule has 1 rings (SSSR count). The van der Waals surface area contributed by atoms with Crippen molar-refractivity contribution in [1.29, 1.82) is 0 Å². The van der Waals surface area contributed by atoms with Gasteiger partial charge in [-0.25, -0.2) is 0 Å². The first-order valence-corrected chi connectivity index (χ1v) is 4.36. The molecule has 0 aliphatic carbocycles. The van der Waals surface area contributed by atoms with Crippen LogP contribution in [0.15, 0.2) is 24.3 Å². The lowest BCUT2D eigenvalue weighted by Crippen LogP contribution is -2.03. The molecule has 0 aromatic heterocycles. The van der Waals surface area contributed by atoms with Crippen molar-refractivity contribution in [2.75, 3.05) is 7.11 Å². The zero-order valence-corrected chi connectivity index (χ0v) is 8.15. The van der Waals surface area contributed by atoms with Crippen molar-refractivity contribution in [1.82, 2.24) is 0 Å². The fourth-order valence-electron chi connectivity index (χ4n) is 1.14. The number of hydrogen-bond acceptors (Lipinski definition) is 2. The van der Waals surface area contributed by atoms with Crippen LogP contribution in [0.25, 0.3) is 0 Å². The van der Waals surface area contributed by atoms with Crippen molar-refractivity contribution in [2.45, 2.75) is 13.3 Å². The van der Waals surface area contributed by atoms with Crippen LogP contribution in [-0.2, 0) is 11.2 Å². The SMILES string of the molecule is CCc1ccccc1C(=S)OC.